The van der Waals surface area contributed by atoms with Crippen LogP contribution in [-0.2, 0) is 0 Å². The molecule has 124 valence electrons. The highest BCUT2D eigenvalue weighted by molar-refractivity contribution is 5.64. The van der Waals surface area contributed by atoms with E-state index < -0.39 is 0 Å². The van der Waals surface area contributed by atoms with E-state index in [-0.39, 0.29) is 0 Å². The van der Waals surface area contributed by atoms with E-state index in [4.69, 9.17) is 4.52 Å². The van der Waals surface area contributed by atoms with Crippen molar-refractivity contribution in [2.24, 2.45) is 0 Å². The molecule has 1 aromatic carbocycles. The molecular weight excluding hydrogens is 304 g/mol. The van der Waals surface area contributed by atoms with Crippen LogP contribution in [0.25, 0.3) is 0 Å². The maximum absolute atomic E-state index is 5.03. The van der Waals surface area contributed by atoms with E-state index >= 15 is 0 Å². The van der Waals surface area contributed by atoms with Crippen LogP contribution in [0.3, 0.4) is 0 Å². The summed E-state index contributed by atoms with van der Waals surface area (Å²) in [6, 6.07) is 8.00. The van der Waals surface area contributed by atoms with E-state index in [0.29, 0.717) is 23.5 Å². The Hall–Kier alpha value is -2.96. The van der Waals surface area contributed by atoms with Gasteiger partial charge in [-0.1, -0.05) is 37.2 Å². The lowest BCUT2D eigenvalue weighted by molar-refractivity contribution is 0.400. The third-order valence-electron chi connectivity index (χ3n) is 3.61. The monoisotopic (exact) mass is 324 g/mol. The first kappa shape index (κ1) is 15.9. The van der Waals surface area contributed by atoms with E-state index in [0.717, 1.165) is 17.0 Å². The van der Waals surface area contributed by atoms with Gasteiger partial charge in [0, 0.05) is 11.8 Å². The Labute approximate surface area is 140 Å². The summed E-state index contributed by atoms with van der Waals surface area (Å²) < 4.78 is 5.03. The number of hydrogen-bond donors (Lipinski definition) is 2. The van der Waals surface area contributed by atoms with Gasteiger partial charge in [0.15, 0.2) is 11.6 Å². The molecule has 2 heterocycles. The summed E-state index contributed by atoms with van der Waals surface area (Å²) >= 11 is 0. The Morgan fingerprint density at radius 3 is 2.62 bits per heavy atom. The third-order valence-corrected chi connectivity index (χ3v) is 3.61. The summed E-state index contributed by atoms with van der Waals surface area (Å²) in [4.78, 5) is 4.44. The van der Waals surface area contributed by atoms with E-state index in [1.807, 2.05) is 6.92 Å². The molecule has 2 aromatic heterocycles. The summed E-state index contributed by atoms with van der Waals surface area (Å²) in [5, 5.41) is 18.3. The third kappa shape index (κ3) is 3.51. The molecule has 0 atom stereocenters. The van der Waals surface area contributed by atoms with E-state index in [2.05, 4.69) is 69.9 Å². The van der Waals surface area contributed by atoms with Crippen molar-refractivity contribution >= 4 is 23.3 Å². The van der Waals surface area contributed by atoms with Gasteiger partial charge in [0.2, 0.25) is 5.95 Å². The predicted molar refractivity (Wildman–Crippen MR) is 92.9 cm³/mol. The minimum Gasteiger partial charge on any atom is -0.360 e. The molecule has 3 aromatic rings. The standard InChI is InChI=1S/C17H20N6O/c1-10(2)13-7-5-6-11(3)16(13)21-17-20-15(9-18-22-17)19-14-8-12(4)24-23-14/h5-10H,1-4H3,(H2,19,20,21,22,23). The first-order chi connectivity index (χ1) is 11.5. The molecule has 0 amide bonds. The second kappa shape index (κ2) is 6.66. The molecule has 24 heavy (non-hydrogen) atoms. The first-order valence-corrected chi connectivity index (χ1v) is 7.79. The van der Waals surface area contributed by atoms with Crippen molar-refractivity contribution in [2.45, 2.75) is 33.6 Å². The smallest absolute Gasteiger partial charge is 0.249 e. The summed E-state index contributed by atoms with van der Waals surface area (Å²) in [7, 11) is 0. The van der Waals surface area contributed by atoms with Crippen molar-refractivity contribution in [2.75, 3.05) is 10.6 Å². The number of hydrogen-bond acceptors (Lipinski definition) is 7. The van der Waals surface area contributed by atoms with Crippen LogP contribution in [0, 0.1) is 13.8 Å². The van der Waals surface area contributed by atoms with Crippen LogP contribution < -0.4 is 10.6 Å². The lowest BCUT2D eigenvalue weighted by Gasteiger charge is -2.16. The molecule has 0 aliphatic rings. The van der Waals surface area contributed by atoms with E-state index in [1.165, 1.54) is 11.8 Å². The van der Waals surface area contributed by atoms with Gasteiger partial charge in [-0.05, 0) is 30.9 Å². The normalized spacial score (nSPS) is 10.9. The molecule has 0 bridgehead atoms. The Morgan fingerprint density at radius 1 is 1.08 bits per heavy atom. The molecule has 0 spiro atoms. The zero-order valence-electron chi connectivity index (χ0n) is 14.2. The fraction of sp³-hybridized carbons (Fsp3) is 0.294. The molecule has 7 nitrogen and oxygen atoms in total. The van der Waals surface area contributed by atoms with Gasteiger partial charge in [-0.15, -0.1) is 5.10 Å². The number of anilines is 4. The Balaban J connectivity index is 1.85. The van der Waals surface area contributed by atoms with Gasteiger partial charge >= 0.3 is 0 Å². The molecule has 0 aliphatic carbocycles. The maximum atomic E-state index is 5.03. The van der Waals surface area contributed by atoms with Gasteiger partial charge in [-0.2, -0.15) is 10.1 Å². The lowest BCUT2D eigenvalue weighted by Crippen LogP contribution is -2.06. The zero-order chi connectivity index (χ0) is 17.1. The van der Waals surface area contributed by atoms with Gasteiger partial charge in [0.25, 0.3) is 0 Å². The summed E-state index contributed by atoms with van der Waals surface area (Å²) in [6.45, 7) is 8.20. The number of aromatic nitrogens is 4. The quantitative estimate of drug-likeness (QED) is 0.730. The molecule has 0 fully saturated rings. The van der Waals surface area contributed by atoms with E-state index in [9.17, 15) is 0 Å². The number of para-hydroxylation sites is 1. The van der Waals surface area contributed by atoms with Gasteiger partial charge < -0.3 is 15.2 Å². The number of nitrogens with zero attached hydrogens (tertiary/aromatic N) is 4. The van der Waals surface area contributed by atoms with Crippen LogP contribution in [0.1, 0.15) is 36.7 Å². The second-order valence-corrected chi connectivity index (χ2v) is 5.93. The molecule has 0 unspecified atom stereocenters. The molecule has 2 N–H and O–H groups in total. The van der Waals surface area contributed by atoms with Crippen LogP contribution in [-0.4, -0.2) is 20.3 Å². The van der Waals surface area contributed by atoms with Crippen LogP contribution >= 0.6 is 0 Å². The fourth-order valence-electron chi connectivity index (χ4n) is 2.43. The van der Waals surface area contributed by atoms with Crippen molar-refractivity contribution in [1.29, 1.82) is 0 Å². The minimum absolute atomic E-state index is 0.389. The zero-order valence-corrected chi connectivity index (χ0v) is 14.2. The lowest BCUT2D eigenvalue weighted by atomic mass is 9.98. The number of rotatable bonds is 5. The molecular formula is C17H20N6O. The number of nitrogens with one attached hydrogen (secondary N) is 2. The highest BCUT2D eigenvalue weighted by Gasteiger charge is 2.11. The molecule has 0 saturated heterocycles. The number of benzene rings is 1. The van der Waals surface area contributed by atoms with Crippen LogP contribution in [0.5, 0.6) is 0 Å². The predicted octanol–water partition coefficient (Wildman–Crippen LogP) is 4.09. The summed E-state index contributed by atoms with van der Waals surface area (Å²) in [5.74, 6) is 2.66. The Morgan fingerprint density at radius 2 is 1.92 bits per heavy atom. The first-order valence-electron chi connectivity index (χ1n) is 7.79. The average molecular weight is 324 g/mol. The van der Waals surface area contributed by atoms with Crippen LogP contribution in [0.4, 0.5) is 23.3 Å². The number of aryl methyl sites for hydroxylation is 2. The molecule has 7 heteroatoms. The van der Waals surface area contributed by atoms with Crippen molar-refractivity contribution in [3.63, 3.8) is 0 Å². The van der Waals surface area contributed by atoms with Gasteiger partial charge in [0.1, 0.15) is 5.76 Å². The highest BCUT2D eigenvalue weighted by Crippen LogP contribution is 2.29. The maximum Gasteiger partial charge on any atom is 0.249 e. The summed E-state index contributed by atoms with van der Waals surface area (Å²) in [6.07, 6.45) is 1.54. The Kier molecular flexibility index (Phi) is 4.41. The van der Waals surface area contributed by atoms with Gasteiger partial charge in [0.05, 0.1) is 6.20 Å². The second-order valence-electron chi connectivity index (χ2n) is 5.93. The minimum atomic E-state index is 0.389. The molecule has 3 rings (SSSR count). The molecule has 0 saturated carbocycles. The van der Waals surface area contributed by atoms with Gasteiger partial charge in [-0.25, -0.2) is 0 Å². The fourth-order valence-corrected chi connectivity index (χ4v) is 2.43. The van der Waals surface area contributed by atoms with Crippen molar-refractivity contribution in [3.05, 3.63) is 47.3 Å². The molecule has 0 radical (unpaired) electrons. The van der Waals surface area contributed by atoms with Crippen molar-refractivity contribution < 1.29 is 4.52 Å². The van der Waals surface area contributed by atoms with Crippen molar-refractivity contribution in [1.82, 2.24) is 20.3 Å². The van der Waals surface area contributed by atoms with Gasteiger partial charge in [-0.3, -0.25) is 0 Å². The highest BCUT2D eigenvalue weighted by atomic mass is 16.5. The summed E-state index contributed by atoms with van der Waals surface area (Å²) in [5.41, 5.74) is 3.36. The van der Waals surface area contributed by atoms with Crippen LogP contribution in [0.15, 0.2) is 35.0 Å². The SMILES string of the molecule is Cc1cc(Nc2cnnc(Nc3c(C)cccc3C(C)C)n2)no1. The van der Waals surface area contributed by atoms with Crippen LogP contribution in [0.2, 0.25) is 0 Å². The van der Waals surface area contributed by atoms with E-state index in [1.54, 1.807) is 6.07 Å². The van der Waals surface area contributed by atoms with Crippen molar-refractivity contribution in [3.8, 4) is 0 Å². The topological polar surface area (TPSA) is 88.8 Å². The average Bonchev–Trinajstić information content (AvgIpc) is 2.94. The molecule has 0 aliphatic heterocycles. The largest absolute Gasteiger partial charge is 0.360 e. The Bertz CT molecular complexity index is 843.